The maximum atomic E-state index is 11.9. The van der Waals surface area contributed by atoms with Crippen LogP contribution in [0.15, 0.2) is 12.1 Å². The van der Waals surface area contributed by atoms with Crippen LogP contribution < -0.4 is 19.7 Å². The number of hydrogen-bond donors (Lipinski definition) is 1. The first-order chi connectivity index (χ1) is 8.99. The van der Waals surface area contributed by atoms with Gasteiger partial charge in [-0.25, -0.2) is 0 Å². The van der Waals surface area contributed by atoms with E-state index in [2.05, 4.69) is 10.3 Å². The highest BCUT2D eigenvalue weighted by molar-refractivity contribution is 5.55. The van der Waals surface area contributed by atoms with E-state index in [0.29, 0.717) is 22.8 Å². The fraction of sp³-hybridized carbons (Fsp3) is 0.455. The number of methoxy groups -OCH3 is 1. The SMILES string of the molecule is COc1cc(CNOCC(F)(F)F)cc2c1OCO2. The summed E-state index contributed by atoms with van der Waals surface area (Å²) in [6.07, 6.45) is -4.36. The highest BCUT2D eigenvalue weighted by Gasteiger charge is 2.27. The molecule has 1 aromatic rings. The van der Waals surface area contributed by atoms with Crippen LogP contribution in [0.2, 0.25) is 0 Å². The van der Waals surface area contributed by atoms with E-state index in [1.165, 1.54) is 7.11 Å². The summed E-state index contributed by atoms with van der Waals surface area (Å²) in [5.41, 5.74) is 2.88. The first-order valence-electron chi connectivity index (χ1n) is 5.37. The molecule has 0 fully saturated rings. The van der Waals surface area contributed by atoms with Gasteiger partial charge in [-0.3, -0.25) is 4.84 Å². The lowest BCUT2D eigenvalue weighted by molar-refractivity contribution is -0.190. The van der Waals surface area contributed by atoms with Crippen molar-refractivity contribution in [1.82, 2.24) is 5.48 Å². The number of ether oxygens (including phenoxy) is 3. The lowest BCUT2D eigenvalue weighted by atomic mass is 10.2. The van der Waals surface area contributed by atoms with E-state index in [-0.39, 0.29) is 13.3 Å². The Hall–Kier alpha value is -1.67. The van der Waals surface area contributed by atoms with Crippen molar-refractivity contribution in [2.75, 3.05) is 20.5 Å². The summed E-state index contributed by atoms with van der Waals surface area (Å²) in [6, 6.07) is 3.28. The molecule has 1 aromatic carbocycles. The molecule has 0 unspecified atom stereocenters. The minimum Gasteiger partial charge on any atom is -0.493 e. The number of hydroxylamine groups is 1. The van der Waals surface area contributed by atoms with Gasteiger partial charge >= 0.3 is 6.18 Å². The Labute approximate surface area is 107 Å². The average Bonchev–Trinajstić information content (AvgIpc) is 2.80. The normalized spacial score (nSPS) is 13.7. The highest BCUT2D eigenvalue weighted by Crippen LogP contribution is 2.41. The Balaban J connectivity index is 1.94. The zero-order valence-electron chi connectivity index (χ0n) is 10.0. The van der Waals surface area contributed by atoms with Crippen molar-refractivity contribution in [2.45, 2.75) is 12.7 Å². The van der Waals surface area contributed by atoms with E-state index >= 15 is 0 Å². The number of rotatable bonds is 5. The zero-order chi connectivity index (χ0) is 13.9. The third-order valence-electron chi connectivity index (χ3n) is 2.33. The molecule has 0 aromatic heterocycles. The summed E-state index contributed by atoms with van der Waals surface area (Å²) in [5.74, 6) is 1.44. The zero-order valence-corrected chi connectivity index (χ0v) is 10.0. The largest absolute Gasteiger partial charge is 0.493 e. The molecule has 1 N–H and O–H groups in total. The van der Waals surface area contributed by atoms with Crippen molar-refractivity contribution >= 4 is 0 Å². The van der Waals surface area contributed by atoms with Gasteiger partial charge in [-0.15, -0.1) is 0 Å². The van der Waals surface area contributed by atoms with E-state index in [1.807, 2.05) is 0 Å². The molecule has 0 radical (unpaired) electrons. The van der Waals surface area contributed by atoms with Crippen LogP contribution in [0.5, 0.6) is 17.2 Å². The predicted molar refractivity (Wildman–Crippen MR) is 58.0 cm³/mol. The quantitative estimate of drug-likeness (QED) is 0.660. The number of fused-ring (bicyclic) bond motifs is 1. The molecule has 106 valence electrons. The van der Waals surface area contributed by atoms with E-state index in [4.69, 9.17) is 14.2 Å². The van der Waals surface area contributed by atoms with Gasteiger partial charge in [-0.1, -0.05) is 0 Å². The number of nitrogens with one attached hydrogen (secondary N) is 1. The van der Waals surface area contributed by atoms with Crippen molar-refractivity contribution in [3.63, 3.8) is 0 Å². The predicted octanol–water partition coefficient (Wildman–Crippen LogP) is 2.01. The van der Waals surface area contributed by atoms with Gasteiger partial charge in [0, 0.05) is 6.54 Å². The lowest BCUT2D eigenvalue weighted by Crippen LogP contribution is -2.24. The summed E-state index contributed by atoms with van der Waals surface area (Å²) >= 11 is 0. The highest BCUT2D eigenvalue weighted by atomic mass is 19.4. The topological polar surface area (TPSA) is 49.0 Å². The molecule has 1 aliphatic rings. The van der Waals surface area contributed by atoms with Gasteiger partial charge in [0.15, 0.2) is 18.1 Å². The van der Waals surface area contributed by atoms with Crippen LogP contribution in [0.1, 0.15) is 5.56 Å². The van der Waals surface area contributed by atoms with Crippen molar-refractivity contribution in [1.29, 1.82) is 0 Å². The molecule has 0 aliphatic carbocycles. The average molecular weight is 279 g/mol. The van der Waals surface area contributed by atoms with Crippen molar-refractivity contribution in [3.05, 3.63) is 17.7 Å². The van der Waals surface area contributed by atoms with Crippen LogP contribution in [0.25, 0.3) is 0 Å². The molecular formula is C11H12F3NO4. The molecule has 0 amide bonds. The lowest BCUT2D eigenvalue weighted by Gasteiger charge is -2.10. The van der Waals surface area contributed by atoms with E-state index in [1.54, 1.807) is 12.1 Å². The molecule has 0 atom stereocenters. The van der Waals surface area contributed by atoms with E-state index in [9.17, 15) is 13.2 Å². The van der Waals surface area contributed by atoms with Gasteiger partial charge in [0.25, 0.3) is 0 Å². The standard InChI is InChI=1S/C11H12F3NO4/c1-16-8-2-7(3-9-10(8)18-6-17-9)4-15-19-5-11(12,13)14/h2-3,15H,4-6H2,1H3. The minimum atomic E-state index is -4.36. The van der Waals surface area contributed by atoms with Crippen LogP contribution in [0, 0.1) is 0 Å². The Morgan fingerprint density at radius 1 is 1.32 bits per heavy atom. The molecule has 5 nitrogen and oxygen atoms in total. The van der Waals surface area contributed by atoms with Crippen LogP contribution in [-0.2, 0) is 11.4 Å². The maximum Gasteiger partial charge on any atom is 0.413 e. The van der Waals surface area contributed by atoms with E-state index in [0.717, 1.165) is 0 Å². The molecule has 1 heterocycles. The maximum absolute atomic E-state index is 11.9. The summed E-state index contributed by atoms with van der Waals surface area (Å²) in [5, 5.41) is 0. The molecule has 8 heteroatoms. The van der Waals surface area contributed by atoms with Gasteiger partial charge in [0.05, 0.1) is 7.11 Å². The fourth-order valence-electron chi connectivity index (χ4n) is 1.55. The van der Waals surface area contributed by atoms with Crippen LogP contribution >= 0.6 is 0 Å². The van der Waals surface area contributed by atoms with Gasteiger partial charge in [0.2, 0.25) is 12.5 Å². The van der Waals surface area contributed by atoms with Gasteiger partial charge in [0.1, 0.15) is 0 Å². The molecule has 0 spiro atoms. The second-order valence-corrected chi connectivity index (χ2v) is 3.76. The molecule has 19 heavy (non-hydrogen) atoms. The van der Waals surface area contributed by atoms with Crippen LogP contribution in [0.3, 0.4) is 0 Å². The third-order valence-corrected chi connectivity index (χ3v) is 2.33. The first-order valence-corrected chi connectivity index (χ1v) is 5.37. The number of benzene rings is 1. The molecule has 0 saturated heterocycles. The van der Waals surface area contributed by atoms with E-state index < -0.39 is 12.8 Å². The van der Waals surface area contributed by atoms with Gasteiger partial charge in [-0.05, 0) is 17.7 Å². The van der Waals surface area contributed by atoms with Crippen molar-refractivity contribution < 1.29 is 32.2 Å². The number of alkyl halides is 3. The summed E-state index contributed by atoms with van der Waals surface area (Å²) < 4.78 is 51.1. The monoisotopic (exact) mass is 279 g/mol. The molecular weight excluding hydrogens is 267 g/mol. The fourth-order valence-corrected chi connectivity index (χ4v) is 1.55. The summed E-state index contributed by atoms with van der Waals surface area (Å²) in [7, 11) is 1.47. The molecule has 2 rings (SSSR count). The van der Waals surface area contributed by atoms with Crippen LogP contribution in [0.4, 0.5) is 13.2 Å². The minimum absolute atomic E-state index is 0.0864. The number of hydrogen-bond acceptors (Lipinski definition) is 5. The Morgan fingerprint density at radius 3 is 2.79 bits per heavy atom. The Kier molecular flexibility index (Phi) is 4.01. The summed E-state index contributed by atoms with van der Waals surface area (Å²) in [6.45, 7) is -1.18. The molecule has 0 bridgehead atoms. The second kappa shape index (κ2) is 5.54. The smallest absolute Gasteiger partial charge is 0.413 e. The third kappa shape index (κ3) is 3.65. The van der Waals surface area contributed by atoms with Gasteiger partial charge in [-0.2, -0.15) is 18.7 Å². The number of halogens is 3. The Bertz CT molecular complexity index is 450. The summed E-state index contributed by atoms with van der Waals surface area (Å²) in [4.78, 5) is 4.31. The Morgan fingerprint density at radius 2 is 2.11 bits per heavy atom. The second-order valence-electron chi connectivity index (χ2n) is 3.76. The van der Waals surface area contributed by atoms with Crippen LogP contribution in [-0.4, -0.2) is 26.7 Å². The molecule has 0 saturated carbocycles. The molecule has 1 aliphatic heterocycles. The van der Waals surface area contributed by atoms with Crippen molar-refractivity contribution in [3.8, 4) is 17.2 Å². The van der Waals surface area contributed by atoms with Crippen molar-refractivity contribution in [2.24, 2.45) is 0 Å². The van der Waals surface area contributed by atoms with Gasteiger partial charge < -0.3 is 14.2 Å². The first kappa shape index (κ1) is 13.8.